The highest BCUT2D eigenvalue weighted by Gasteiger charge is 2.72. The molecule has 8 atom stereocenters. The summed E-state index contributed by atoms with van der Waals surface area (Å²) < 4.78 is 11.6. The number of aliphatic hydroxyl groups is 1. The zero-order valence-electron chi connectivity index (χ0n) is 24.0. The molecule has 0 bridgehead atoms. The van der Waals surface area contributed by atoms with Crippen LogP contribution in [0.5, 0.6) is 0 Å². The molecule has 6 nitrogen and oxygen atoms in total. The van der Waals surface area contributed by atoms with Gasteiger partial charge in [0.05, 0.1) is 18.6 Å². The predicted molar refractivity (Wildman–Crippen MR) is 148 cm³/mol. The van der Waals surface area contributed by atoms with Gasteiger partial charge in [0.2, 0.25) is 5.76 Å². The van der Waals surface area contributed by atoms with Crippen LogP contribution in [0.1, 0.15) is 80.6 Å². The van der Waals surface area contributed by atoms with Crippen molar-refractivity contribution in [2.45, 2.75) is 92.3 Å². The number of ketones is 2. The molecule has 1 N–H and O–H groups in total. The molecule has 3 saturated carbocycles. The Balaban J connectivity index is 0.000000956. The molecule has 212 valence electrons. The average molecular weight is 549 g/mol. The minimum absolute atomic E-state index is 0.00220. The summed E-state index contributed by atoms with van der Waals surface area (Å²) in [7, 11) is 0. The highest BCUT2D eigenvalue weighted by molar-refractivity contribution is 6.29. The standard InChI is InChI=1S/C27H33ClO6.2C2H6/c1-15-11-19-18-7-6-16-12-17(29)8-9-25(16,2)23(18)20(30)13-26(19,3)27(15,22(31)14-28)34-24(32)21-5-4-10-33-21;2*1-2/h5,8-9,12,15,18-20,23,30H,4,6-7,10-11,13-14H2,1-3H3;2*1-2H3/t15-,18?,19?,20+,23?,25+,26+,27+;;/m1../s1. The Morgan fingerprint density at radius 1 is 1.21 bits per heavy atom. The van der Waals surface area contributed by atoms with Gasteiger partial charge in [-0.3, -0.25) is 9.59 Å². The average Bonchev–Trinajstić information content (AvgIpc) is 3.52. The van der Waals surface area contributed by atoms with E-state index < -0.39 is 28.5 Å². The number of aliphatic hydroxyl groups excluding tert-OH is 1. The molecule has 1 aliphatic heterocycles. The maximum atomic E-state index is 13.5. The molecular formula is C31H45ClO6. The first-order chi connectivity index (χ1) is 18.1. The quantitative estimate of drug-likeness (QED) is 0.344. The van der Waals surface area contributed by atoms with E-state index in [1.54, 1.807) is 18.2 Å². The molecule has 0 aromatic heterocycles. The number of esters is 1. The Hall–Kier alpha value is -1.92. The Bertz CT molecular complexity index is 1030. The van der Waals surface area contributed by atoms with Gasteiger partial charge in [-0.15, -0.1) is 11.6 Å². The number of Topliss-reactive ketones (excluding diaryl/α,β-unsaturated/α-hetero) is 1. The molecular weight excluding hydrogens is 504 g/mol. The van der Waals surface area contributed by atoms with E-state index in [4.69, 9.17) is 21.1 Å². The molecule has 0 amide bonds. The van der Waals surface area contributed by atoms with Crippen LogP contribution in [-0.2, 0) is 23.9 Å². The second kappa shape index (κ2) is 11.7. The molecule has 0 radical (unpaired) electrons. The van der Waals surface area contributed by atoms with Crippen molar-refractivity contribution in [3.05, 3.63) is 35.6 Å². The molecule has 0 saturated heterocycles. The number of alkyl halides is 1. The minimum Gasteiger partial charge on any atom is -0.486 e. The van der Waals surface area contributed by atoms with E-state index in [-0.39, 0.29) is 46.9 Å². The van der Waals surface area contributed by atoms with Gasteiger partial charge in [0.25, 0.3) is 0 Å². The number of ether oxygens (including phenoxy) is 2. The largest absolute Gasteiger partial charge is 0.486 e. The normalized spacial score (nSPS) is 40.4. The third kappa shape index (κ3) is 4.50. The number of hydrogen-bond acceptors (Lipinski definition) is 6. The third-order valence-corrected chi connectivity index (χ3v) is 9.97. The molecule has 5 rings (SSSR count). The Labute approximate surface area is 232 Å². The van der Waals surface area contributed by atoms with Gasteiger partial charge in [-0.25, -0.2) is 4.79 Å². The van der Waals surface area contributed by atoms with Crippen LogP contribution in [0.15, 0.2) is 35.6 Å². The van der Waals surface area contributed by atoms with Gasteiger partial charge in [-0.05, 0) is 55.7 Å². The Morgan fingerprint density at radius 3 is 2.50 bits per heavy atom. The van der Waals surface area contributed by atoms with Crippen molar-refractivity contribution in [3.8, 4) is 0 Å². The third-order valence-electron chi connectivity index (χ3n) is 9.73. The van der Waals surface area contributed by atoms with Crippen LogP contribution in [0, 0.1) is 34.5 Å². The van der Waals surface area contributed by atoms with Gasteiger partial charge < -0.3 is 14.6 Å². The number of carbonyl (C=O) groups is 3. The molecule has 38 heavy (non-hydrogen) atoms. The van der Waals surface area contributed by atoms with E-state index in [9.17, 15) is 19.5 Å². The fraction of sp³-hybridized carbons (Fsp3) is 0.710. The monoisotopic (exact) mass is 548 g/mol. The van der Waals surface area contributed by atoms with Crippen molar-refractivity contribution in [3.63, 3.8) is 0 Å². The second-order valence-electron chi connectivity index (χ2n) is 11.2. The number of rotatable bonds is 4. The molecule has 4 aliphatic carbocycles. The fourth-order valence-electron chi connectivity index (χ4n) is 8.37. The summed E-state index contributed by atoms with van der Waals surface area (Å²) in [6.07, 6.45) is 9.54. The molecule has 3 fully saturated rings. The van der Waals surface area contributed by atoms with E-state index >= 15 is 0 Å². The lowest BCUT2D eigenvalue weighted by Crippen LogP contribution is -2.64. The summed E-state index contributed by atoms with van der Waals surface area (Å²) in [5.74, 6) is -1.18. The number of hydrogen-bond donors (Lipinski definition) is 1. The van der Waals surface area contributed by atoms with Gasteiger partial charge in [-0.1, -0.05) is 60.1 Å². The first kappa shape index (κ1) is 30.6. The summed E-state index contributed by atoms with van der Waals surface area (Å²) >= 11 is 6.13. The number of halogens is 1. The van der Waals surface area contributed by atoms with Crippen LogP contribution in [0.4, 0.5) is 0 Å². The summed E-state index contributed by atoms with van der Waals surface area (Å²) in [5.41, 5.74) is -1.51. The van der Waals surface area contributed by atoms with Crippen LogP contribution >= 0.6 is 11.6 Å². The van der Waals surface area contributed by atoms with Crippen molar-refractivity contribution in [1.29, 1.82) is 0 Å². The van der Waals surface area contributed by atoms with Crippen LogP contribution < -0.4 is 0 Å². The lowest BCUT2D eigenvalue weighted by Gasteiger charge is -2.60. The first-order valence-corrected chi connectivity index (χ1v) is 14.9. The molecule has 0 aromatic rings. The zero-order valence-corrected chi connectivity index (χ0v) is 24.8. The topological polar surface area (TPSA) is 89.9 Å². The van der Waals surface area contributed by atoms with Crippen molar-refractivity contribution >= 4 is 29.1 Å². The lowest BCUT2D eigenvalue weighted by atomic mass is 9.46. The van der Waals surface area contributed by atoms with Crippen molar-refractivity contribution in [1.82, 2.24) is 0 Å². The summed E-state index contributed by atoms with van der Waals surface area (Å²) in [5, 5.41) is 11.6. The van der Waals surface area contributed by atoms with E-state index in [1.165, 1.54) is 0 Å². The van der Waals surface area contributed by atoms with Crippen molar-refractivity contribution < 1.29 is 29.0 Å². The maximum Gasteiger partial charge on any atom is 0.374 e. The molecule has 5 aliphatic rings. The molecule has 3 unspecified atom stereocenters. The SMILES string of the molecule is CC.CC.C[C@@H]1CC2C3CCC4=CC(=O)C=C[C@]4(C)C3[C@@H](O)C[C@]2(C)[C@@]1(OC(=O)C1=CCCO1)C(=O)CCl. The van der Waals surface area contributed by atoms with Crippen LogP contribution in [-0.4, -0.2) is 46.8 Å². The van der Waals surface area contributed by atoms with E-state index in [0.717, 1.165) is 18.4 Å². The molecule has 0 aromatic carbocycles. The summed E-state index contributed by atoms with van der Waals surface area (Å²) in [6.45, 7) is 14.5. The maximum absolute atomic E-state index is 13.5. The number of allylic oxidation sites excluding steroid dienone is 4. The minimum atomic E-state index is -1.43. The van der Waals surface area contributed by atoms with Crippen molar-refractivity contribution in [2.24, 2.45) is 34.5 Å². The van der Waals surface area contributed by atoms with Gasteiger partial charge >= 0.3 is 5.97 Å². The smallest absolute Gasteiger partial charge is 0.374 e. The number of fused-ring (bicyclic) bond motifs is 5. The predicted octanol–water partition coefficient (Wildman–Crippen LogP) is 5.96. The summed E-state index contributed by atoms with van der Waals surface area (Å²) in [6, 6.07) is 0. The molecule has 0 spiro atoms. The fourth-order valence-corrected chi connectivity index (χ4v) is 8.57. The second-order valence-corrected chi connectivity index (χ2v) is 11.5. The molecule has 1 heterocycles. The van der Waals surface area contributed by atoms with Gasteiger partial charge in [0, 0.05) is 29.1 Å². The zero-order chi connectivity index (χ0) is 28.5. The summed E-state index contributed by atoms with van der Waals surface area (Å²) in [4.78, 5) is 38.7. The first-order valence-electron chi connectivity index (χ1n) is 14.4. The highest BCUT2D eigenvalue weighted by Crippen LogP contribution is 2.69. The van der Waals surface area contributed by atoms with E-state index in [2.05, 4.69) is 6.92 Å². The van der Waals surface area contributed by atoms with E-state index in [1.807, 2.05) is 47.6 Å². The van der Waals surface area contributed by atoms with Crippen LogP contribution in [0.3, 0.4) is 0 Å². The van der Waals surface area contributed by atoms with Crippen molar-refractivity contribution in [2.75, 3.05) is 12.5 Å². The van der Waals surface area contributed by atoms with Crippen LogP contribution in [0.25, 0.3) is 0 Å². The van der Waals surface area contributed by atoms with Gasteiger partial charge in [0.1, 0.15) is 0 Å². The van der Waals surface area contributed by atoms with Gasteiger partial charge in [-0.2, -0.15) is 0 Å². The Kier molecular flexibility index (Phi) is 9.41. The molecule has 7 heteroatoms. The van der Waals surface area contributed by atoms with Crippen LogP contribution in [0.2, 0.25) is 0 Å². The number of carbonyl (C=O) groups excluding carboxylic acids is 3. The lowest BCUT2D eigenvalue weighted by molar-refractivity contribution is -0.202. The van der Waals surface area contributed by atoms with E-state index in [0.29, 0.717) is 25.9 Å². The highest BCUT2D eigenvalue weighted by atomic mass is 35.5. The van der Waals surface area contributed by atoms with Gasteiger partial charge in [0.15, 0.2) is 17.2 Å². The Morgan fingerprint density at radius 2 is 1.89 bits per heavy atom.